The summed E-state index contributed by atoms with van der Waals surface area (Å²) in [5, 5.41) is 3.09. The Morgan fingerprint density at radius 2 is 2.13 bits per heavy atom. The fourth-order valence-corrected chi connectivity index (χ4v) is 0.999. The summed E-state index contributed by atoms with van der Waals surface area (Å²) in [5.74, 6) is -0.312. The van der Waals surface area contributed by atoms with Gasteiger partial charge in [0, 0.05) is 18.3 Å². The van der Waals surface area contributed by atoms with Gasteiger partial charge in [0.1, 0.15) is 0 Å². The molecule has 0 saturated heterocycles. The monoisotopic (exact) mass is 209 g/mol. The van der Waals surface area contributed by atoms with E-state index in [2.05, 4.69) is 18.5 Å². The molecule has 0 aromatic carbocycles. The van der Waals surface area contributed by atoms with Crippen LogP contribution < -0.4 is 5.32 Å². The minimum atomic E-state index is -0.312. The molecular formula is C12H19NO2. The lowest BCUT2D eigenvalue weighted by atomic mass is 10.2. The van der Waals surface area contributed by atoms with Gasteiger partial charge in [-0.05, 0) is 19.8 Å². The van der Waals surface area contributed by atoms with E-state index < -0.39 is 0 Å². The highest BCUT2D eigenvalue weighted by Gasteiger charge is 2.00. The van der Waals surface area contributed by atoms with Crippen LogP contribution in [0.4, 0.5) is 0 Å². The number of allylic oxidation sites excluding steroid dienone is 2. The molecule has 1 N–H and O–H groups in total. The molecule has 0 radical (unpaired) electrons. The van der Waals surface area contributed by atoms with Gasteiger partial charge in [-0.25, -0.2) is 4.79 Å². The smallest absolute Gasteiger partial charge is 0.332 e. The zero-order chi connectivity index (χ0) is 11.5. The van der Waals surface area contributed by atoms with Crippen LogP contribution in [-0.2, 0) is 9.53 Å². The van der Waals surface area contributed by atoms with Crippen molar-refractivity contribution in [1.82, 2.24) is 5.32 Å². The van der Waals surface area contributed by atoms with Crippen LogP contribution in [0.2, 0.25) is 0 Å². The molecule has 0 fully saturated rings. The average molecular weight is 209 g/mol. The summed E-state index contributed by atoms with van der Waals surface area (Å²) in [7, 11) is 0. The molecule has 0 spiro atoms. The van der Waals surface area contributed by atoms with E-state index in [1.807, 2.05) is 6.08 Å². The van der Waals surface area contributed by atoms with E-state index in [4.69, 9.17) is 4.74 Å². The molecule has 15 heavy (non-hydrogen) atoms. The topological polar surface area (TPSA) is 38.3 Å². The Bertz CT molecular complexity index is 230. The van der Waals surface area contributed by atoms with Gasteiger partial charge in [-0.15, -0.1) is 13.2 Å². The van der Waals surface area contributed by atoms with Crippen molar-refractivity contribution in [2.45, 2.75) is 19.8 Å². The second kappa shape index (κ2) is 9.06. The quantitative estimate of drug-likeness (QED) is 0.378. The van der Waals surface area contributed by atoms with Crippen molar-refractivity contribution in [2.75, 3.05) is 13.2 Å². The first kappa shape index (κ1) is 13.5. The Hall–Kier alpha value is -1.51. The number of nitrogens with one attached hydrogen (secondary N) is 1. The van der Waals surface area contributed by atoms with Gasteiger partial charge in [-0.2, -0.15) is 0 Å². The lowest BCUT2D eigenvalue weighted by Crippen LogP contribution is -2.15. The van der Waals surface area contributed by atoms with Crippen LogP contribution in [0.1, 0.15) is 19.8 Å². The molecule has 3 nitrogen and oxygen atoms in total. The van der Waals surface area contributed by atoms with E-state index in [0.29, 0.717) is 13.2 Å². The summed E-state index contributed by atoms with van der Waals surface area (Å²) in [4.78, 5) is 11.2. The molecular weight excluding hydrogens is 190 g/mol. The van der Waals surface area contributed by atoms with Crippen molar-refractivity contribution in [3.63, 3.8) is 0 Å². The molecule has 0 amide bonds. The summed E-state index contributed by atoms with van der Waals surface area (Å²) in [6, 6.07) is 0. The minimum absolute atomic E-state index is 0.312. The Kier molecular flexibility index (Phi) is 8.15. The largest absolute Gasteiger partial charge is 0.463 e. The van der Waals surface area contributed by atoms with Crippen molar-refractivity contribution in [3.8, 4) is 0 Å². The fourth-order valence-electron chi connectivity index (χ4n) is 0.999. The van der Waals surface area contributed by atoms with Crippen LogP contribution in [0.5, 0.6) is 0 Å². The van der Waals surface area contributed by atoms with Crippen LogP contribution in [-0.4, -0.2) is 19.1 Å². The number of carbonyl (C=O) groups is 1. The molecule has 84 valence electrons. The Balaban J connectivity index is 4.23. The first-order valence-electron chi connectivity index (χ1n) is 5.07. The zero-order valence-corrected chi connectivity index (χ0v) is 9.29. The highest BCUT2D eigenvalue weighted by Crippen LogP contribution is 2.02. The molecule has 0 aliphatic rings. The number of hydrogen-bond donors (Lipinski definition) is 1. The van der Waals surface area contributed by atoms with Crippen LogP contribution in [0.25, 0.3) is 0 Å². The van der Waals surface area contributed by atoms with E-state index in [1.54, 1.807) is 13.0 Å². The molecule has 0 aliphatic heterocycles. The van der Waals surface area contributed by atoms with Gasteiger partial charge < -0.3 is 10.1 Å². The molecule has 3 heteroatoms. The number of hydrogen-bond acceptors (Lipinski definition) is 3. The van der Waals surface area contributed by atoms with Crippen LogP contribution >= 0.6 is 0 Å². The number of rotatable bonds is 8. The fraction of sp³-hybridized carbons (Fsp3) is 0.417. The summed E-state index contributed by atoms with van der Waals surface area (Å²) < 4.78 is 4.83. The summed E-state index contributed by atoms with van der Waals surface area (Å²) in [6.45, 7) is 10.1. The lowest BCUT2D eigenvalue weighted by Gasteiger charge is -2.07. The van der Waals surface area contributed by atoms with Crippen LogP contribution in [0.15, 0.2) is 37.1 Å². The standard InChI is InChI=1S/C12H19NO2/c1-4-7-8-11(13-9-5-2)10-12(14)15-6-3/h4-5,10,13H,1-2,6-9H2,3H3/b11-10-. The number of esters is 1. The second-order valence-electron chi connectivity index (χ2n) is 2.92. The summed E-state index contributed by atoms with van der Waals surface area (Å²) >= 11 is 0. The van der Waals surface area contributed by atoms with Crippen molar-refractivity contribution in [1.29, 1.82) is 0 Å². The third-order valence-corrected chi connectivity index (χ3v) is 1.67. The van der Waals surface area contributed by atoms with E-state index in [9.17, 15) is 4.79 Å². The highest BCUT2D eigenvalue weighted by atomic mass is 16.5. The molecule has 0 saturated carbocycles. The highest BCUT2D eigenvalue weighted by molar-refractivity contribution is 5.82. The summed E-state index contributed by atoms with van der Waals surface area (Å²) in [5.41, 5.74) is 0.855. The Labute approximate surface area is 91.5 Å². The average Bonchev–Trinajstić information content (AvgIpc) is 2.22. The van der Waals surface area contributed by atoms with Gasteiger partial charge >= 0.3 is 5.97 Å². The first-order valence-corrected chi connectivity index (χ1v) is 5.07. The molecule has 0 unspecified atom stereocenters. The molecule has 0 aromatic rings. The van der Waals surface area contributed by atoms with E-state index in [0.717, 1.165) is 18.5 Å². The van der Waals surface area contributed by atoms with Crippen molar-refractivity contribution >= 4 is 5.97 Å². The van der Waals surface area contributed by atoms with Gasteiger partial charge in [0.25, 0.3) is 0 Å². The molecule has 0 rings (SSSR count). The first-order chi connectivity index (χ1) is 7.24. The number of carbonyl (C=O) groups excluding carboxylic acids is 1. The maximum atomic E-state index is 11.2. The van der Waals surface area contributed by atoms with Crippen molar-refractivity contribution in [2.24, 2.45) is 0 Å². The zero-order valence-electron chi connectivity index (χ0n) is 9.29. The second-order valence-corrected chi connectivity index (χ2v) is 2.92. The van der Waals surface area contributed by atoms with Gasteiger partial charge in [0.15, 0.2) is 0 Å². The minimum Gasteiger partial charge on any atom is -0.463 e. The van der Waals surface area contributed by atoms with Gasteiger partial charge in [-0.1, -0.05) is 12.2 Å². The predicted octanol–water partition coefficient (Wildman–Crippen LogP) is 2.18. The maximum Gasteiger partial charge on any atom is 0.332 e. The van der Waals surface area contributed by atoms with E-state index in [1.165, 1.54) is 6.08 Å². The summed E-state index contributed by atoms with van der Waals surface area (Å²) in [6.07, 6.45) is 6.63. The molecule has 0 aromatic heterocycles. The van der Waals surface area contributed by atoms with Gasteiger partial charge in [0.2, 0.25) is 0 Å². The van der Waals surface area contributed by atoms with Crippen molar-refractivity contribution in [3.05, 3.63) is 37.1 Å². The SMILES string of the molecule is C=CCC/C(=C/C(=O)OCC)NCC=C. The molecule has 0 atom stereocenters. The van der Waals surface area contributed by atoms with E-state index >= 15 is 0 Å². The number of ether oxygens (including phenoxy) is 1. The van der Waals surface area contributed by atoms with Crippen LogP contribution in [0.3, 0.4) is 0 Å². The lowest BCUT2D eigenvalue weighted by molar-refractivity contribution is -0.137. The Morgan fingerprint density at radius 3 is 2.67 bits per heavy atom. The normalized spacial score (nSPS) is 10.6. The van der Waals surface area contributed by atoms with Crippen LogP contribution in [0, 0.1) is 0 Å². The maximum absolute atomic E-state index is 11.2. The van der Waals surface area contributed by atoms with Gasteiger partial charge in [-0.3, -0.25) is 0 Å². The third kappa shape index (κ3) is 7.55. The van der Waals surface area contributed by atoms with E-state index in [-0.39, 0.29) is 5.97 Å². The predicted molar refractivity (Wildman–Crippen MR) is 62.3 cm³/mol. The Morgan fingerprint density at radius 1 is 1.40 bits per heavy atom. The third-order valence-electron chi connectivity index (χ3n) is 1.67. The van der Waals surface area contributed by atoms with Gasteiger partial charge in [0.05, 0.1) is 6.61 Å². The van der Waals surface area contributed by atoms with Crippen molar-refractivity contribution < 1.29 is 9.53 Å². The molecule has 0 heterocycles. The molecule has 0 aliphatic carbocycles. The molecule has 0 bridgehead atoms.